The Hall–Kier alpha value is -3.45. The van der Waals surface area contributed by atoms with Crippen molar-refractivity contribution in [1.29, 1.82) is 0 Å². The Morgan fingerprint density at radius 1 is 1.19 bits per heavy atom. The average molecular weight is 431 g/mol. The lowest BCUT2D eigenvalue weighted by Gasteiger charge is -2.29. The SMILES string of the molecule is C=c1nc2c(c(=O)[nH]1)=Nc1cc(C)c(NCCN(C)C)cc1N2CCCc1ccccc1. The van der Waals surface area contributed by atoms with E-state index in [0.29, 0.717) is 16.7 Å². The number of fused-ring (bicyclic) bond motifs is 2. The molecule has 1 aromatic heterocycles. The zero-order valence-electron chi connectivity index (χ0n) is 19.0. The number of likely N-dealkylation sites (N-methyl/N-ethyl adjacent to an activating group) is 1. The molecule has 2 aromatic carbocycles. The van der Waals surface area contributed by atoms with E-state index in [1.54, 1.807) is 0 Å². The molecule has 0 unspecified atom stereocenters. The first-order valence-electron chi connectivity index (χ1n) is 10.9. The molecule has 4 rings (SSSR count). The van der Waals surface area contributed by atoms with Crippen LogP contribution in [0.5, 0.6) is 0 Å². The Morgan fingerprint density at radius 2 is 1.97 bits per heavy atom. The van der Waals surface area contributed by atoms with Crippen LogP contribution in [0.4, 0.5) is 22.9 Å². The van der Waals surface area contributed by atoms with Crippen LogP contribution in [0.15, 0.2) is 52.3 Å². The first kappa shape index (κ1) is 21.8. The van der Waals surface area contributed by atoms with Crippen molar-refractivity contribution < 1.29 is 0 Å². The molecule has 0 fully saturated rings. The summed E-state index contributed by atoms with van der Waals surface area (Å²) in [5.41, 5.74) is 5.29. The average Bonchev–Trinajstić information content (AvgIpc) is 2.75. The van der Waals surface area contributed by atoms with Crippen LogP contribution in [-0.4, -0.2) is 48.6 Å². The molecule has 0 atom stereocenters. The fourth-order valence-electron chi connectivity index (χ4n) is 3.93. The summed E-state index contributed by atoms with van der Waals surface area (Å²) in [7, 11) is 4.12. The molecule has 0 saturated carbocycles. The van der Waals surface area contributed by atoms with E-state index in [1.165, 1.54) is 5.56 Å². The molecular formula is C25H30N6O. The van der Waals surface area contributed by atoms with Gasteiger partial charge in [0.05, 0.1) is 11.4 Å². The van der Waals surface area contributed by atoms with E-state index in [1.807, 2.05) is 12.1 Å². The van der Waals surface area contributed by atoms with E-state index in [9.17, 15) is 4.79 Å². The van der Waals surface area contributed by atoms with Crippen LogP contribution in [0.3, 0.4) is 0 Å². The minimum absolute atomic E-state index is 0.260. The summed E-state index contributed by atoms with van der Waals surface area (Å²) in [4.78, 5) is 28.8. The number of rotatable bonds is 8. The number of anilines is 3. The largest absolute Gasteiger partial charge is 0.383 e. The molecule has 3 aromatic rings. The van der Waals surface area contributed by atoms with Crippen LogP contribution >= 0.6 is 0 Å². The lowest BCUT2D eigenvalue weighted by atomic mass is 10.1. The molecule has 0 bridgehead atoms. The first-order valence-corrected chi connectivity index (χ1v) is 10.9. The predicted octanol–water partition coefficient (Wildman–Crippen LogP) is 2.50. The second-order valence-corrected chi connectivity index (χ2v) is 8.42. The zero-order valence-corrected chi connectivity index (χ0v) is 19.0. The summed E-state index contributed by atoms with van der Waals surface area (Å²) >= 11 is 0. The molecular weight excluding hydrogens is 400 g/mol. The molecule has 1 aliphatic rings. The Balaban J connectivity index is 1.70. The van der Waals surface area contributed by atoms with Crippen LogP contribution in [-0.2, 0) is 6.42 Å². The van der Waals surface area contributed by atoms with Crippen molar-refractivity contribution in [1.82, 2.24) is 14.9 Å². The molecule has 0 spiro atoms. The fourth-order valence-corrected chi connectivity index (χ4v) is 3.93. The molecule has 0 aliphatic carbocycles. The number of aromatic amines is 1. The van der Waals surface area contributed by atoms with Crippen molar-refractivity contribution in [2.45, 2.75) is 19.8 Å². The van der Waals surface area contributed by atoms with E-state index in [0.717, 1.165) is 55.1 Å². The molecule has 0 amide bonds. The fraction of sp³-hybridized carbons (Fsp3) is 0.320. The highest BCUT2D eigenvalue weighted by atomic mass is 16.1. The van der Waals surface area contributed by atoms with Gasteiger partial charge in [-0.05, 0) is 57.1 Å². The number of hydrogen-bond donors (Lipinski definition) is 2. The minimum atomic E-state index is -0.260. The number of hydrogen-bond acceptors (Lipinski definition) is 6. The molecule has 0 radical (unpaired) electrons. The maximum atomic E-state index is 12.6. The molecule has 0 saturated heterocycles. The Kier molecular flexibility index (Phi) is 6.37. The summed E-state index contributed by atoms with van der Waals surface area (Å²) < 4.78 is 0. The van der Waals surface area contributed by atoms with Gasteiger partial charge in [-0.2, -0.15) is 0 Å². The van der Waals surface area contributed by atoms with Crippen molar-refractivity contribution in [3.63, 3.8) is 0 Å². The van der Waals surface area contributed by atoms with E-state index >= 15 is 0 Å². The lowest BCUT2D eigenvalue weighted by Crippen LogP contribution is -2.42. The Bertz CT molecular complexity index is 1270. The molecule has 2 heterocycles. The third-order valence-electron chi connectivity index (χ3n) is 5.59. The maximum Gasteiger partial charge on any atom is 0.279 e. The summed E-state index contributed by atoms with van der Waals surface area (Å²) in [5, 5.41) is 3.88. The lowest BCUT2D eigenvalue weighted by molar-refractivity contribution is 0.425. The van der Waals surface area contributed by atoms with Gasteiger partial charge in [-0.1, -0.05) is 36.9 Å². The highest BCUT2D eigenvalue weighted by Gasteiger charge is 2.23. The van der Waals surface area contributed by atoms with E-state index in [2.05, 4.69) is 88.0 Å². The summed E-state index contributed by atoms with van der Waals surface area (Å²) in [5.74, 6) is 0.572. The highest BCUT2D eigenvalue weighted by molar-refractivity contribution is 5.80. The van der Waals surface area contributed by atoms with Crippen molar-refractivity contribution >= 4 is 29.5 Å². The van der Waals surface area contributed by atoms with Crippen LogP contribution in [0.1, 0.15) is 17.5 Å². The van der Waals surface area contributed by atoms with E-state index in [-0.39, 0.29) is 5.56 Å². The number of aryl methyl sites for hydroxylation is 2. The smallest absolute Gasteiger partial charge is 0.279 e. The van der Waals surface area contributed by atoms with Crippen LogP contribution in [0.2, 0.25) is 0 Å². The third kappa shape index (κ3) is 4.73. The van der Waals surface area contributed by atoms with Crippen molar-refractivity contribution in [2.75, 3.05) is 43.9 Å². The van der Waals surface area contributed by atoms with Gasteiger partial charge in [-0.15, -0.1) is 0 Å². The van der Waals surface area contributed by atoms with Gasteiger partial charge in [0, 0.05) is 25.3 Å². The molecule has 32 heavy (non-hydrogen) atoms. The van der Waals surface area contributed by atoms with Gasteiger partial charge in [0.2, 0.25) is 0 Å². The van der Waals surface area contributed by atoms with Crippen molar-refractivity contribution in [3.05, 3.63) is 74.8 Å². The van der Waals surface area contributed by atoms with Gasteiger partial charge >= 0.3 is 0 Å². The number of benzene rings is 2. The quantitative estimate of drug-likeness (QED) is 0.574. The summed E-state index contributed by atoms with van der Waals surface area (Å²) in [6.45, 7) is 8.41. The highest BCUT2D eigenvalue weighted by Crippen LogP contribution is 2.38. The number of nitrogens with zero attached hydrogens (tertiary/aromatic N) is 4. The molecule has 166 valence electrons. The second kappa shape index (κ2) is 9.36. The zero-order chi connectivity index (χ0) is 22.7. The maximum absolute atomic E-state index is 12.6. The van der Waals surface area contributed by atoms with Crippen LogP contribution in [0.25, 0.3) is 6.58 Å². The van der Waals surface area contributed by atoms with Crippen molar-refractivity contribution in [2.24, 2.45) is 4.99 Å². The number of nitrogens with one attached hydrogen (secondary N) is 2. The number of H-pyrrole nitrogens is 1. The van der Waals surface area contributed by atoms with Crippen LogP contribution < -0.4 is 26.6 Å². The molecule has 1 aliphatic heterocycles. The van der Waals surface area contributed by atoms with Gasteiger partial charge in [0.15, 0.2) is 11.2 Å². The van der Waals surface area contributed by atoms with Gasteiger partial charge in [-0.3, -0.25) is 4.79 Å². The third-order valence-corrected chi connectivity index (χ3v) is 5.59. The Morgan fingerprint density at radius 3 is 2.72 bits per heavy atom. The summed E-state index contributed by atoms with van der Waals surface area (Å²) in [6, 6.07) is 14.6. The predicted molar refractivity (Wildman–Crippen MR) is 131 cm³/mol. The van der Waals surface area contributed by atoms with Gasteiger partial charge in [-0.25, -0.2) is 9.98 Å². The number of aromatic nitrogens is 2. The van der Waals surface area contributed by atoms with E-state index in [4.69, 9.17) is 0 Å². The van der Waals surface area contributed by atoms with Gasteiger partial charge in [0.25, 0.3) is 5.56 Å². The molecule has 7 heteroatoms. The first-order chi connectivity index (χ1) is 15.4. The monoisotopic (exact) mass is 430 g/mol. The minimum Gasteiger partial charge on any atom is -0.383 e. The van der Waals surface area contributed by atoms with Gasteiger partial charge < -0.3 is 20.1 Å². The van der Waals surface area contributed by atoms with E-state index < -0.39 is 0 Å². The second-order valence-electron chi connectivity index (χ2n) is 8.42. The summed E-state index contributed by atoms with van der Waals surface area (Å²) in [6.07, 6.45) is 1.86. The van der Waals surface area contributed by atoms with Crippen molar-refractivity contribution in [3.8, 4) is 0 Å². The van der Waals surface area contributed by atoms with Crippen LogP contribution in [0, 0.1) is 6.92 Å². The standard InChI is InChI=1S/C25H30N6O/c1-17-15-21-22(16-20(17)26-12-14-30(3)4)31(13-8-11-19-9-6-5-7-10-19)24-23(29-21)25(32)28-18(2)27-24/h5-7,9-10,15-16,26H,2,8,11-14H2,1,3-4H3,(H,28,32). The molecule has 7 nitrogen and oxygen atoms in total. The van der Waals surface area contributed by atoms with Gasteiger partial charge in [0.1, 0.15) is 5.48 Å². The Labute approximate surface area is 188 Å². The normalized spacial score (nSPS) is 12.3. The topological polar surface area (TPSA) is 76.6 Å². The molecule has 2 N–H and O–H groups in total.